The Morgan fingerprint density at radius 3 is 2.86 bits per heavy atom. The zero-order chi connectivity index (χ0) is 14.2. The van der Waals surface area contributed by atoms with E-state index in [0.717, 1.165) is 35.6 Å². The van der Waals surface area contributed by atoms with Crippen LogP contribution in [0.5, 0.6) is 5.75 Å². The Morgan fingerprint density at radius 2 is 2.10 bits per heavy atom. The van der Waals surface area contributed by atoms with E-state index in [1.807, 2.05) is 37.4 Å². The third-order valence-corrected chi connectivity index (χ3v) is 2.93. The maximum absolute atomic E-state index is 5.81. The minimum absolute atomic E-state index is 0. The molecule has 0 atom stereocenters. The molecule has 0 aliphatic rings. The maximum Gasteiger partial charge on any atom is 0.190 e. The Hall–Kier alpha value is -1.57. The average Bonchev–Trinajstić information content (AvgIpc) is 2.51. The van der Waals surface area contributed by atoms with Crippen molar-refractivity contribution in [3.63, 3.8) is 0 Å². The van der Waals surface area contributed by atoms with E-state index >= 15 is 0 Å². The molecule has 0 aliphatic heterocycles. The first-order chi connectivity index (χ1) is 9.85. The topological polar surface area (TPSA) is 58.5 Å². The maximum atomic E-state index is 5.81. The fourth-order valence-corrected chi connectivity index (χ4v) is 1.93. The fraction of sp³-hybridized carbons (Fsp3) is 0.333. The number of nitrogens with one attached hydrogen (secondary N) is 2. The highest BCUT2D eigenvalue weighted by Crippen LogP contribution is 2.22. The normalized spacial score (nSPS) is 10.9. The lowest BCUT2D eigenvalue weighted by atomic mass is 10.2. The van der Waals surface area contributed by atoms with Crippen molar-refractivity contribution in [1.82, 2.24) is 15.6 Å². The van der Waals surface area contributed by atoms with Gasteiger partial charge in [0.2, 0.25) is 0 Å². The summed E-state index contributed by atoms with van der Waals surface area (Å²) < 4.78 is 5.81. The molecule has 0 bridgehead atoms. The lowest BCUT2D eigenvalue weighted by Crippen LogP contribution is -2.35. The first-order valence-electron chi connectivity index (χ1n) is 6.70. The van der Waals surface area contributed by atoms with Gasteiger partial charge in [-0.3, -0.25) is 9.98 Å². The summed E-state index contributed by atoms with van der Waals surface area (Å²) in [7, 11) is 3.59. The predicted molar refractivity (Wildman–Crippen MR) is 97.7 cm³/mol. The minimum Gasteiger partial charge on any atom is -0.491 e. The second kappa shape index (κ2) is 9.38. The molecule has 0 spiro atoms. The Bertz CT molecular complexity index is 583. The number of ether oxygens (including phenoxy) is 1. The molecule has 6 heteroatoms. The van der Waals surface area contributed by atoms with Crippen molar-refractivity contribution in [2.24, 2.45) is 4.99 Å². The van der Waals surface area contributed by atoms with Crippen molar-refractivity contribution in [3.8, 4) is 5.75 Å². The van der Waals surface area contributed by atoms with Crippen LogP contribution in [0.3, 0.4) is 0 Å². The van der Waals surface area contributed by atoms with Crippen LogP contribution in [0.2, 0.25) is 0 Å². The van der Waals surface area contributed by atoms with Gasteiger partial charge in [0.15, 0.2) is 5.96 Å². The highest BCUT2D eigenvalue weighted by atomic mass is 127. The Kier molecular flexibility index (Phi) is 7.81. The van der Waals surface area contributed by atoms with Gasteiger partial charge in [0.25, 0.3) is 0 Å². The van der Waals surface area contributed by atoms with Crippen LogP contribution < -0.4 is 15.4 Å². The minimum atomic E-state index is 0. The lowest BCUT2D eigenvalue weighted by Gasteiger charge is -2.10. The summed E-state index contributed by atoms with van der Waals surface area (Å²) >= 11 is 0. The molecule has 0 radical (unpaired) electrons. The van der Waals surface area contributed by atoms with Crippen LogP contribution in [-0.4, -0.2) is 38.2 Å². The molecule has 0 fully saturated rings. The highest BCUT2D eigenvalue weighted by molar-refractivity contribution is 14.0. The van der Waals surface area contributed by atoms with Crippen molar-refractivity contribution in [2.75, 3.05) is 27.2 Å². The standard InChI is InChI=1S/C15H20N4O.HI/c1-16-15(17-2)19-10-5-11-20-13-8-3-6-12-7-4-9-18-14(12)13;/h3-4,6-9H,5,10-11H2,1-2H3,(H2,16,17,19);1H. The lowest BCUT2D eigenvalue weighted by molar-refractivity contribution is 0.314. The summed E-state index contributed by atoms with van der Waals surface area (Å²) in [6.07, 6.45) is 2.68. The summed E-state index contributed by atoms with van der Waals surface area (Å²) in [4.78, 5) is 8.41. The second-order valence-corrected chi connectivity index (χ2v) is 4.28. The van der Waals surface area contributed by atoms with Crippen LogP contribution in [-0.2, 0) is 0 Å². The molecule has 2 N–H and O–H groups in total. The highest BCUT2D eigenvalue weighted by Gasteiger charge is 2.02. The van der Waals surface area contributed by atoms with Gasteiger partial charge in [-0.05, 0) is 18.6 Å². The molecular formula is C15H21IN4O. The molecule has 2 rings (SSSR count). The number of benzene rings is 1. The number of hydrogen-bond donors (Lipinski definition) is 2. The van der Waals surface area contributed by atoms with E-state index in [4.69, 9.17) is 4.74 Å². The number of aliphatic imine (C=N–C) groups is 1. The summed E-state index contributed by atoms with van der Waals surface area (Å²) in [5.74, 6) is 1.62. The Labute approximate surface area is 142 Å². The smallest absolute Gasteiger partial charge is 0.190 e. The van der Waals surface area contributed by atoms with Gasteiger partial charge in [-0.1, -0.05) is 18.2 Å². The Morgan fingerprint density at radius 1 is 1.29 bits per heavy atom. The molecular weight excluding hydrogens is 379 g/mol. The molecule has 2 aromatic rings. The van der Waals surface area contributed by atoms with Crippen LogP contribution in [0.1, 0.15) is 6.42 Å². The fourth-order valence-electron chi connectivity index (χ4n) is 1.93. The summed E-state index contributed by atoms with van der Waals surface area (Å²) in [5, 5.41) is 7.25. The van der Waals surface area contributed by atoms with Gasteiger partial charge in [0.05, 0.1) is 6.61 Å². The number of aromatic nitrogens is 1. The molecule has 0 aliphatic carbocycles. The van der Waals surface area contributed by atoms with E-state index in [9.17, 15) is 0 Å². The molecule has 0 saturated carbocycles. The Balaban J connectivity index is 0.00000220. The SMILES string of the molecule is CN=C(NC)NCCCOc1cccc2cccnc12.I. The summed E-state index contributed by atoms with van der Waals surface area (Å²) in [5.41, 5.74) is 0.911. The van der Waals surface area contributed by atoms with Gasteiger partial charge in [-0.2, -0.15) is 0 Å². The zero-order valence-electron chi connectivity index (χ0n) is 12.3. The van der Waals surface area contributed by atoms with E-state index in [2.05, 4.69) is 20.6 Å². The molecule has 1 heterocycles. The number of hydrogen-bond acceptors (Lipinski definition) is 3. The first kappa shape index (κ1) is 17.5. The van der Waals surface area contributed by atoms with Gasteiger partial charge >= 0.3 is 0 Å². The van der Waals surface area contributed by atoms with Crippen LogP contribution >= 0.6 is 24.0 Å². The quantitative estimate of drug-likeness (QED) is 0.350. The molecule has 21 heavy (non-hydrogen) atoms. The summed E-state index contributed by atoms with van der Waals surface area (Å²) in [6.45, 7) is 1.45. The average molecular weight is 400 g/mol. The molecule has 0 unspecified atom stereocenters. The first-order valence-corrected chi connectivity index (χ1v) is 6.70. The molecule has 1 aromatic heterocycles. The molecule has 114 valence electrons. The zero-order valence-corrected chi connectivity index (χ0v) is 14.6. The largest absolute Gasteiger partial charge is 0.491 e. The van der Waals surface area contributed by atoms with Gasteiger partial charge < -0.3 is 15.4 Å². The van der Waals surface area contributed by atoms with E-state index in [1.165, 1.54) is 0 Å². The van der Waals surface area contributed by atoms with Gasteiger partial charge in [-0.15, -0.1) is 24.0 Å². The van der Waals surface area contributed by atoms with E-state index in [0.29, 0.717) is 6.61 Å². The van der Waals surface area contributed by atoms with Gasteiger partial charge in [-0.25, -0.2) is 0 Å². The third kappa shape index (κ3) is 5.04. The van der Waals surface area contributed by atoms with Crippen LogP contribution in [0.4, 0.5) is 0 Å². The third-order valence-electron chi connectivity index (χ3n) is 2.93. The number of halogens is 1. The molecule has 5 nitrogen and oxygen atoms in total. The number of fused-ring (bicyclic) bond motifs is 1. The molecule has 0 saturated heterocycles. The molecule has 1 aromatic carbocycles. The van der Waals surface area contributed by atoms with Crippen molar-refractivity contribution >= 4 is 40.8 Å². The number of rotatable bonds is 5. The van der Waals surface area contributed by atoms with Gasteiger partial charge in [0, 0.05) is 32.2 Å². The predicted octanol–water partition coefficient (Wildman–Crippen LogP) is 2.42. The number of para-hydroxylation sites is 1. The van der Waals surface area contributed by atoms with Crippen LogP contribution in [0, 0.1) is 0 Å². The van der Waals surface area contributed by atoms with Crippen molar-refractivity contribution in [3.05, 3.63) is 36.5 Å². The summed E-state index contributed by atoms with van der Waals surface area (Å²) in [6, 6.07) is 9.94. The van der Waals surface area contributed by atoms with E-state index in [1.54, 1.807) is 13.2 Å². The van der Waals surface area contributed by atoms with E-state index in [-0.39, 0.29) is 24.0 Å². The number of guanidine groups is 1. The van der Waals surface area contributed by atoms with Crippen molar-refractivity contribution in [1.29, 1.82) is 0 Å². The van der Waals surface area contributed by atoms with Crippen molar-refractivity contribution in [2.45, 2.75) is 6.42 Å². The van der Waals surface area contributed by atoms with E-state index < -0.39 is 0 Å². The number of nitrogens with zero attached hydrogens (tertiary/aromatic N) is 2. The van der Waals surface area contributed by atoms with Gasteiger partial charge in [0.1, 0.15) is 11.3 Å². The molecule has 0 amide bonds. The van der Waals surface area contributed by atoms with Crippen LogP contribution in [0.25, 0.3) is 10.9 Å². The van der Waals surface area contributed by atoms with Crippen molar-refractivity contribution < 1.29 is 4.74 Å². The van der Waals surface area contributed by atoms with Crippen LogP contribution in [0.15, 0.2) is 41.5 Å². The second-order valence-electron chi connectivity index (χ2n) is 4.28. The number of pyridine rings is 1. The monoisotopic (exact) mass is 400 g/mol.